The van der Waals surface area contributed by atoms with E-state index < -0.39 is 97.5 Å². The van der Waals surface area contributed by atoms with Crippen LogP contribution in [0.3, 0.4) is 0 Å². The Bertz CT molecular complexity index is 1670. The van der Waals surface area contributed by atoms with Crippen LogP contribution in [0, 0.1) is 11.8 Å². The molecule has 0 fully saturated rings. The first-order valence-corrected chi connectivity index (χ1v) is 37.5. The summed E-state index contributed by atoms with van der Waals surface area (Å²) in [5.41, 5.74) is 0. The maximum absolute atomic E-state index is 13.0. The van der Waals surface area contributed by atoms with Gasteiger partial charge in [0, 0.05) is 25.7 Å². The SMILES string of the molecule is CCCCCCCCCCCCCCCCCCC(=O)O[C@H](COC(=O)CCCCCCCCCCCC(C)C)COP(=O)(O)OC[C@@H](O)COP(=O)(O)OC[C@@H](COC(=O)CCCCCCCCCC)OC(=O)CCCCCCCCC(C)C. The average Bonchev–Trinajstić information content (AvgIpc) is 3.54. The minimum absolute atomic E-state index is 0.102. The molecule has 0 heterocycles. The van der Waals surface area contributed by atoms with Crippen LogP contribution in [0.1, 0.15) is 330 Å². The van der Waals surface area contributed by atoms with Crippen molar-refractivity contribution in [2.45, 2.75) is 349 Å². The van der Waals surface area contributed by atoms with Crippen LogP contribution >= 0.6 is 15.6 Å². The van der Waals surface area contributed by atoms with Crippen LogP contribution < -0.4 is 0 Å². The Morgan fingerprint density at radius 2 is 0.541 bits per heavy atom. The number of carbonyl (C=O) groups excluding carboxylic acids is 4. The largest absolute Gasteiger partial charge is 0.472 e. The fourth-order valence-electron chi connectivity index (χ4n) is 9.88. The summed E-state index contributed by atoms with van der Waals surface area (Å²) in [5.74, 6) is -0.723. The Balaban J connectivity index is 5.21. The van der Waals surface area contributed by atoms with Crippen molar-refractivity contribution in [3.8, 4) is 0 Å². The quantitative estimate of drug-likeness (QED) is 0.0222. The molecule has 19 heteroatoms. The molecule has 0 aliphatic heterocycles. The number of carbonyl (C=O) groups is 4. The van der Waals surface area contributed by atoms with Crippen molar-refractivity contribution in [1.82, 2.24) is 0 Å². The number of ether oxygens (including phenoxy) is 4. The predicted molar refractivity (Wildman–Crippen MR) is 340 cm³/mol. The third-order valence-electron chi connectivity index (χ3n) is 15.2. The number of aliphatic hydroxyl groups is 1. The van der Waals surface area contributed by atoms with Gasteiger partial charge >= 0.3 is 39.5 Å². The lowest BCUT2D eigenvalue weighted by Crippen LogP contribution is -2.30. The summed E-state index contributed by atoms with van der Waals surface area (Å²) < 4.78 is 68.0. The van der Waals surface area contributed by atoms with Crippen LogP contribution in [0.5, 0.6) is 0 Å². The first-order chi connectivity index (χ1) is 40.9. The van der Waals surface area contributed by atoms with Crippen molar-refractivity contribution in [3.05, 3.63) is 0 Å². The van der Waals surface area contributed by atoms with Gasteiger partial charge in [-0.05, 0) is 37.5 Å². The molecule has 0 amide bonds. The third-order valence-corrected chi connectivity index (χ3v) is 17.1. The topological polar surface area (TPSA) is 237 Å². The van der Waals surface area contributed by atoms with Gasteiger partial charge in [0.2, 0.25) is 0 Å². The van der Waals surface area contributed by atoms with Gasteiger partial charge in [0.25, 0.3) is 0 Å². The molecule has 85 heavy (non-hydrogen) atoms. The van der Waals surface area contributed by atoms with Crippen LogP contribution in [0.4, 0.5) is 0 Å². The zero-order chi connectivity index (χ0) is 62.9. The Hall–Kier alpha value is -1.94. The molecule has 0 aromatic carbocycles. The Labute approximate surface area is 517 Å². The summed E-state index contributed by atoms with van der Waals surface area (Å²) in [5, 5.41) is 10.5. The van der Waals surface area contributed by atoms with E-state index in [1.165, 1.54) is 141 Å². The van der Waals surface area contributed by atoms with Gasteiger partial charge in [0.05, 0.1) is 26.4 Å². The van der Waals surface area contributed by atoms with E-state index in [1.54, 1.807) is 0 Å². The van der Waals surface area contributed by atoms with Gasteiger partial charge in [0.1, 0.15) is 19.3 Å². The summed E-state index contributed by atoms with van der Waals surface area (Å²) in [4.78, 5) is 72.2. The molecule has 0 rings (SSSR count). The van der Waals surface area contributed by atoms with Crippen molar-refractivity contribution in [1.29, 1.82) is 0 Å². The number of unbranched alkanes of at least 4 members (excludes halogenated alkanes) is 35. The van der Waals surface area contributed by atoms with Crippen molar-refractivity contribution in [2.24, 2.45) is 11.8 Å². The van der Waals surface area contributed by atoms with Crippen molar-refractivity contribution in [2.75, 3.05) is 39.6 Å². The highest BCUT2D eigenvalue weighted by molar-refractivity contribution is 7.47. The summed E-state index contributed by atoms with van der Waals surface area (Å²) in [6.45, 7) is 9.38. The fraction of sp³-hybridized carbons (Fsp3) is 0.939. The zero-order valence-electron chi connectivity index (χ0n) is 54.9. The van der Waals surface area contributed by atoms with Gasteiger partial charge in [-0.15, -0.1) is 0 Å². The number of phosphoric ester groups is 2. The third kappa shape index (κ3) is 60.7. The second-order valence-electron chi connectivity index (χ2n) is 24.8. The molecule has 2 unspecified atom stereocenters. The highest BCUT2D eigenvalue weighted by Crippen LogP contribution is 2.45. The second-order valence-corrected chi connectivity index (χ2v) is 27.7. The number of rotatable bonds is 65. The van der Waals surface area contributed by atoms with Crippen LogP contribution in [-0.4, -0.2) is 96.7 Å². The Morgan fingerprint density at radius 3 is 0.800 bits per heavy atom. The molecule has 0 aromatic heterocycles. The molecule has 3 N–H and O–H groups in total. The van der Waals surface area contributed by atoms with Crippen LogP contribution in [0.2, 0.25) is 0 Å². The molecule has 5 atom stereocenters. The molecule has 0 aliphatic rings. The number of aliphatic hydroxyl groups excluding tert-OH is 1. The minimum Gasteiger partial charge on any atom is -0.462 e. The lowest BCUT2D eigenvalue weighted by atomic mass is 10.0. The summed E-state index contributed by atoms with van der Waals surface area (Å²) in [7, 11) is -9.89. The molecular weight excluding hydrogens is 1130 g/mol. The van der Waals surface area contributed by atoms with Crippen LogP contribution in [0.15, 0.2) is 0 Å². The van der Waals surface area contributed by atoms with Crippen molar-refractivity contribution >= 4 is 39.5 Å². The summed E-state index contributed by atoms with van der Waals surface area (Å²) in [6, 6.07) is 0. The van der Waals surface area contributed by atoms with Crippen LogP contribution in [-0.2, 0) is 65.4 Å². The number of esters is 4. The molecule has 0 aromatic rings. The van der Waals surface area contributed by atoms with E-state index in [2.05, 4.69) is 41.5 Å². The average molecular weight is 1260 g/mol. The predicted octanol–water partition coefficient (Wildman–Crippen LogP) is 18.4. The normalized spacial score (nSPS) is 14.2. The molecule has 0 spiro atoms. The molecule has 0 radical (unpaired) electrons. The lowest BCUT2D eigenvalue weighted by molar-refractivity contribution is -0.161. The Morgan fingerprint density at radius 1 is 0.318 bits per heavy atom. The summed E-state index contributed by atoms with van der Waals surface area (Å²) in [6.07, 6.45) is 41.9. The van der Waals surface area contributed by atoms with E-state index in [0.717, 1.165) is 102 Å². The zero-order valence-corrected chi connectivity index (χ0v) is 56.7. The highest BCUT2D eigenvalue weighted by atomic mass is 31.2. The van der Waals surface area contributed by atoms with E-state index in [4.69, 9.17) is 37.0 Å². The fourth-order valence-corrected chi connectivity index (χ4v) is 11.5. The van der Waals surface area contributed by atoms with E-state index in [9.17, 15) is 43.2 Å². The van der Waals surface area contributed by atoms with Gasteiger partial charge in [-0.2, -0.15) is 0 Å². The van der Waals surface area contributed by atoms with Crippen molar-refractivity contribution in [3.63, 3.8) is 0 Å². The van der Waals surface area contributed by atoms with Crippen molar-refractivity contribution < 1.29 is 80.2 Å². The molecule has 504 valence electrons. The van der Waals surface area contributed by atoms with E-state index in [0.29, 0.717) is 31.6 Å². The van der Waals surface area contributed by atoms with Gasteiger partial charge < -0.3 is 33.8 Å². The van der Waals surface area contributed by atoms with Gasteiger partial charge in [-0.3, -0.25) is 37.3 Å². The number of phosphoric acid groups is 2. The van der Waals surface area contributed by atoms with E-state index >= 15 is 0 Å². The smallest absolute Gasteiger partial charge is 0.462 e. The van der Waals surface area contributed by atoms with E-state index in [1.807, 2.05) is 0 Å². The second kappa shape index (κ2) is 58.4. The number of hydrogen-bond donors (Lipinski definition) is 3. The number of hydrogen-bond acceptors (Lipinski definition) is 15. The lowest BCUT2D eigenvalue weighted by Gasteiger charge is -2.21. The minimum atomic E-state index is -4.95. The molecule has 0 aliphatic carbocycles. The molecule has 0 bridgehead atoms. The first kappa shape index (κ1) is 83.1. The molecule has 0 saturated heterocycles. The highest BCUT2D eigenvalue weighted by Gasteiger charge is 2.30. The monoisotopic (exact) mass is 1250 g/mol. The standard InChI is InChI=1S/C66H128O17P2/c1-7-9-11-13-15-17-18-19-20-21-22-23-26-31-38-44-50-65(70)82-61(54-77-64(69)49-43-37-30-27-24-25-28-34-40-46-58(3)4)56-80-84(72,73)78-52-60(67)53-79-85(74,75)81-57-62(55-76-63(68)48-42-36-29-16-14-12-10-8-2)83-66(71)51-45-39-33-32-35-41-47-59(5)6/h58-62,67H,7-57H2,1-6H3,(H,72,73)(H,74,75)/t60-,61-,62-/m1/s1. The maximum atomic E-state index is 13.0. The van der Waals surface area contributed by atoms with Gasteiger partial charge in [-0.25, -0.2) is 9.13 Å². The molecular formula is C66H128O17P2. The van der Waals surface area contributed by atoms with E-state index in [-0.39, 0.29) is 25.7 Å². The first-order valence-electron chi connectivity index (χ1n) is 34.5. The Kier molecular flexibility index (Phi) is 57.1. The summed E-state index contributed by atoms with van der Waals surface area (Å²) >= 11 is 0. The van der Waals surface area contributed by atoms with Gasteiger partial charge in [-0.1, -0.05) is 279 Å². The van der Waals surface area contributed by atoms with Crippen LogP contribution in [0.25, 0.3) is 0 Å². The van der Waals surface area contributed by atoms with Gasteiger partial charge in [0.15, 0.2) is 12.2 Å². The molecule has 0 saturated carbocycles. The molecule has 17 nitrogen and oxygen atoms in total. The maximum Gasteiger partial charge on any atom is 0.472 e.